The van der Waals surface area contributed by atoms with Crippen molar-refractivity contribution in [2.75, 3.05) is 18.9 Å². The van der Waals surface area contributed by atoms with Crippen LogP contribution in [0, 0.1) is 5.82 Å². The molecule has 0 bridgehead atoms. The van der Waals surface area contributed by atoms with E-state index in [9.17, 15) is 14.0 Å². The number of benzene rings is 2. The Bertz CT molecular complexity index is 732. The van der Waals surface area contributed by atoms with E-state index in [0.717, 1.165) is 4.90 Å². The van der Waals surface area contributed by atoms with E-state index in [2.05, 4.69) is 5.32 Å². The van der Waals surface area contributed by atoms with Crippen molar-refractivity contribution in [1.29, 1.82) is 0 Å². The Labute approximate surface area is 142 Å². The summed E-state index contributed by atoms with van der Waals surface area (Å²) >= 11 is 11.9. The van der Waals surface area contributed by atoms with Crippen molar-refractivity contribution >= 4 is 40.7 Å². The van der Waals surface area contributed by atoms with Crippen LogP contribution in [0.4, 0.5) is 10.1 Å². The van der Waals surface area contributed by atoms with Crippen LogP contribution in [0.1, 0.15) is 10.4 Å². The molecule has 0 aliphatic rings. The number of carbonyl (C=O) groups is 2. The molecular formula is C16H13Cl2FN2O2. The summed E-state index contributed by atoms with van der Waals surface area (Å²) in [6.45, 7) is -0.269. The zero-order valence-electron chi connectivity index (χ0n) is 12.1. The zero-order valence-corrected chi connectivity index (χ0v) is 13.7. The molecule has 0 atom stereocenters. The molecule has 1 N–H and O–H groups in total. The third-order valence-corrected chi connectivity index (χ3v) is 3.69. The number of para-hydroxylation sites is 1. The predicted molar refractivity (Wildman–Crippen MR) is 88.5 cm³/mol. The second-order valence-electron chi connectivity index (χ2n) is 4.79. The van der Waals surface area contributed by atoms with Gasteiger partial charge in [-0.25, -0.2) is 4.39 Å². The van der Waals surface area contributed by atoms with Gasteiger partial charge in [-0.3, -0.25) is 9.59 Å². The summed E-state index contributed by atoms with van der Waals surface area (Å²) in [5.74, 6) is -1.73. The van der Waals surface area contributed by atoms with Crippen molar-refractivity contribution in [3.05, 3.63) is 63.9 Å². The quantitative estimate of drug-likeness (QED) is 0.906. The first-order chi connectivity index (χ1) is 10.9. The molecule has 4 nitrogen and oxygen atoms in total. The maximum atomic E-state index is 13.6. The van der Waals surface area contributed by atoms with Gasteiger partial charge in [-0.2, -0.15) is 0 Å². The Kier molecular flexibility index (Phi) is 5.58. The van der Waals surface area contributed by atoms with E-state index in [1.165, 1.54) is 25.2 Å². The normalized spacial score (nSPS) is 10.3. The zero-order chi connectivity index (χ0) is 17.0. The van der Waals surface area contributed by atoms with Gasteiger partial charge in [0.15, 0.2) is 0 Å². The molecule has 120 valence electrons. The standard InChI is InChI=1S/C16H13Cl2FN2O2/c1-21(16(23)10-5-2-3-8-13(10)19)9-14(22)20-15-11(17)6-4-7-12(15)18/h2-8H,9H2,1H3,(H,20,22). The van der Waals surface area contributed by atoms with Gasteiger partial charge in [-0.05, 0) is 24.3 Å². The molecule has 2 aromatic rings. The van der Waals surface area contributed by atoms with Gasteiger partial charge >= 0.3 is 0 Å². The fourth-order valence-corrected chi connectivity index (χ4v) is 2.42. The van der Waals surface area contributed by atoms with Gasteiger partial charge in [0.05, 0.1) is 27.8 Å². The number of amides is 2. The Hall–Kier alpha value is -2.11. The van der Waals surface area contributed by atoms with Crippen molar-refractivity contribution < 1.29 is 14.0 Å². The minimum absolute atomic E-state index is 0.0985. The average Bonchev–Trinajstić information content (AvgIpc) is 2.51. The molecule has 0 radical (unpaired) electrons. The van der Waals surface area contributed by atoms with Crippen LogP contribution in [-0.4, -0.2) is 30.3 Å². The molecule has 0 aliphatic heterocycles. The van der Waals surface area contributed by atoms with Crippen LogP contribution in [-0.2, 0) is 4.79 Å². The van der Waals surface area contributed by atoms with Gasteiger partial charge in [0.25, 0.3) is 5.91 Å². The van der Waals surface area contributed by atoms with Gasteiger partial charge < -0.3 is 10.2 Å². The van der Waals surface area contributed by atoms with Crippen LogP contribution in [0.2, 0.25) is 10.0 Å². The molecule has 2 rings (SSSR count). The molecule has 0 saturated heterocycles. The van der Waals surface area contributed by atoms with E-state index in [1.807, 2.05) is 0 Å². The largest absolute Gasteiger partial charge is 0.332 e. The highest BCUT2D eigenvalue weighted by atomic mass is 35.5. The second kappa shape index (κ2) is 7.44. The maximum Gasteiger partial charge on any atom is 0.257 e. The molecule has 0 unspecified atom stereocenters. The first-order valence-electron chi connectivity index (χ1n) is 6.64. The first kappa shape index (κ1) is 17.2. The second-order valence-corrected chi connectivity index (χ2v) is 5.60. The fourth-order valence-electron chi connectivity index (χ4n) is 1.92. The molecule has 0 heterocycles. The van der Waals surface area contributed by atoms with Gasteiger partial charge in [-0.15, -0.1) is 0 Å². The van der Waals surface area contributed by atoms with E-state index in [4.69, 9.17) is 23.2 Å². The Balaban J connectivity index is 2.05. The number of hydrogen-bond acceptors (Lipinski definition) is 2. The van der Waals surface area contributed by atoms with Crippen molar-refractivity contribution in [3.63, 3.8) is 0 Å². The smallest absolute Gasteiger partial charge is 0.257 e. The molecule has 23 heavy (non-hydrogen) atoms. The lowest BCUT2D eigenvalue weighted by atomic mass is 10.2. The monoisotopic (exact) mass is 354 g/mol. The van der Waals surface area contributed by atoms with Crippen LogP contribution >= 0.6 is 23.2 Å². The average molecular weight is 355 g/mol. The lowest BCUT2D eigenvalue weighted by Gasteiger charge is -2.17. The lowest BCUT2D eigenvalue weighted by Crippen LogP contribution is -2.35. The summed E-state index contributed by atoms with van der Waals surface area (Å²) in [6.07, 6.45) is 0. The molecule has 0 aliphatic carbocycles. The topological polar surface area (TPSA) is 49.4 Å². The van der Waals surface area contributed by atoms with Crippen LogP contribution in [0.25, 0.3) is 0 Å². The number of nitrogens with one attached hydrogen (secondary N) is 1. The molecular weight excluding hydrogens is 342 g/mol. The van der Waals surface area contributed by atoms with Crippen LogP contribution in [0.3, 0.4) is 0 Å². The third-order valence-electron chi connectivity index (χ3n) is 3.06. The molecule has 2 aromatic carbocycles. The van der Waals surface area contributed by atoms with Gasteiger partial charge in [0.2, 0.25) is 5.91 Å². The Morgan fingerprint density at radius 1 is 1.09 bits per heavy atom. The highest BCUT2D eigenvalue weighted by molar-refractivity contribution is 6.39. The number of likely N-dealkylation sites (N-methyl/N-ethyl adjacent to an activating group) is 1. The first-order valence-corrected chi connectivity index (χ1v) is 7.39. The summed E-state index contributed by atoms with van der Waals surface area (Å²) in [4.78, 5) is 25.3. The van der Waals surface area contributed by atoms with Crippen molar-refractivity contribution in [2.24, 2.45) is 0 Å². The highest BCUT2D eigenvalue weighted by Gasteiger charge is 2.19. The highest BCUT2D eigenvalue weighted by Crippen LogP contribution is 2.29. The molecule has 0 fully saturated rings. The number of hydrogen-bond donors (Lipinski definition) is 1. The summed E-state index contributed by atoms with van der Waals surface area (Å²) in [6, 6.07) is 10.4. The van der Waals surface area contributed by atoms with Gasteiger partial charge in [0.1, 0.15) is 5.82 Å². The molecule has 0 aromatic heterocycles. The van der Waals surface area contributed by atoms with E-state index >= 15 is 0 Å². The third kappa shape index (κ3) is 4.21. The Morgan fingerprint density at radius 3 is 2.30 bits per heavy atom. The number of anilines is 1. The predicted octanol–water partition coefficient (Wildman–Crippen LogP) is 3.84. The number of halogens is 3. The molecule has 7 heteroatoms. The number of rotatable bonds is 4. The SMILES string of the molecule is CN(CC(=O)Nc1c(Cl)cccc1Cl)C(=O)c1ccccc1F. The van der Waals surface area contributed by atoms with E-state index in [-0.39, 0.29) is 27.8 Å². The van der Waals surface area contributed by atoms with E-state index < -0.39 is 17.6 Å². The van der Waals surface area contributed by atoms with E-state index in [0.29, 0.717) is 0 Å². The summed E-state index contributed by atoms with van der Waals surface area (Å²) < 4.78 is 13.6. The summed E-state index contributed by atoms with van der Waals surface area (Å²) in [7, 11) is 1.41. The molecule has 0 spiro atoms. The van der Waals surface area contributed by atoms with E-state index in [1.54, 1.807) is 24.3 Å². The van der Waals surface area contributed by atoms with Crippen LogP contribution in [0.15, 0.2) is 42.5 Å². The minimum atomic E-state index is -0.640. The summed E-state index contributed by atoms with van der Waals surface area (Å²) in [5.41, 5.74) is 0.172. The number of nitrogens with zero attached hydrogens (tertiary/aromatic N) is 1. The lowest BCUT2D eigenvalue weighted by molar-refractivity contribution is -0.116. The van der Waals surface area contributed by atoms with Crippen molar-refractivity contribution in [2.45, 2.75) is 0 Å². The summed E-state index contributed by atoms with van der Waals surface area (Å²) in [5, 5.41) is 3.11. The molecule has 0 saturated carbocycles. The minimum Gasteiger partial charge on any atom is -0.332 e. The van der Waals surface area contributed by atoms with Gasteiger partial charge in [0, 0.05) is 7.05 Å². The van der Waals surface area contributed by atoms with Gasteiger partial charge in [-0.1, -0.05) is 41.4 Å². The number of carbonyl (C=O) groups excluding carboxylic acids is 2. The fraction of sp³-hybridized carbons (Fsp3) is 0.125. The van der Waals surface area contributed by atoms with Crippen LogP contribution in [0.5, 0.6) is 0 Å². The molecule has 2 amide bonds. The Morgan fingerprint density at radius 2 is 1.70 bits per heavy atom. The van der Waals surface area contributed by atoms with Crippen molar-refractivity contribution in [3.8, 4) is 0 Å². The van der Waals surface area contributed by atoms with Crippen molar-refractivity contribution in [1.82, 2.24) is 4.90 Å². The maximum absolute atomic E-state index is 13.6. The van der Waals surface area contributed by atoms with Crippen LogP contribution < -0.4 is 5.32 Å².